The van der Waals surface area contributed by atoms with Crippen molar-refractivity contribution in [1.29, 1.82) is 0 Å². The van der Waals surface area contributed by atoms with Crippen molar-refractivity contribution in [2.24, 2.45) is 5.92 Å². The van der Waals surface area contributed by atoms with Crippen LogP contribution in [0.2, 0.25) is 0 Å². The minimum absolute atomic E-state index is 0.0970. The number of rotatable bonds is 10. The number of nitrogens with one attached hydrogen (secondary N) is 2. The van der Waals surface area contributed by atoms with Gasteiger partial charge in [-0.2, -0.15) is 0 Å². The first-order valence-electron chi connectivity index (χ1n) is 8.98. The highest BCUT2D eigenvalue weighted by molar-refractivity contribution is 7.89. The van der Waals surface area contributed by atoms with Crippen LogP contribution in [0.3, 0.4) is 0 Å². The van der Waals surface area contributed by atoms with E-state index in [0.717, 1.165) is 30.4 Å². The summed E-state index contributed by atoms with van der Waals surface area (Å²) in [7, 11) is -3.58. The molecule has 0 bridgehead atoms. The van der Waals surface area contributed by atoms with Gasteiger partial charge in [0.05, 0.1) is 4.90 Å². The van der Waals surface area contributed by atoms with Crippen LogP contribution in [0.25, 0.3) is 0 Å². The first-order chi connectivity index (χ1) is 11.6. The van der Waals surface area contributed by atoms with E-state index in [-0.39, 0.29) is 29.8 Å². The average Bonchev–Trinajstić information content (AvgIpc) is 2.49. The van der Waals surface area contributed by atoms with E-state index >= 15 is 0 Å². The minimum atomic E-state index is -3.58. The standard InChI is InChI=1S/C19H32N2O3S/c1-14(2)7-6-8-17(5)21-19(22)11-12-20-25(23,24)18-10-9-15(3)16(4)13-18/h9-10,13-14,17,20H,6-8,11-12H2,1-5H3,(H,21,22)/t17-/m0/s1. The Morgan fingerprint density at radius 2 is 1.76 bits per heavy atom. The SMILES string of the molecule is Cc1ccc(S(=O)(=O)NCCC(=O)N[C@@H](C)CCCC(C)C)cc1C. The van der Waals surface area contributed by atoms with Gasteiger partial charge in [0.2, 0.25) is 15.9 Å². The maximum absolute atomic E-state index is 12.3. The molecule has 1 amide bonds. The number of aryl methyl sites for hydroxylation is 2. The minimum Gasteiger partial charge on any atom is -0.354 e. The first-order valence-corrected chi connectivity index (χ1v) is 10.5. The molecule has 0 heterocycles. The predicted octanol–water partition coefficient (Wildman–Crippen LogP) is 3.30. The molecule has 0 saturated carbocycles. The summed E-state index contributed by atoms with van der Waals surface area (Å²) in [5.74, 6) is 0.544. The Hall–Kier alpha value is -1.40. The molecule has 0 radical (unpaired) electrons. The molecule has 1 rings (SSSR count). The first kappa shape index (κ1) is 21.6. The van der Waals surface area contributed by atoms with Crippen LogP contribution in [0.5, 0.6) is 0 Å². The summed E-state index contributed by atoms with van der Waals surface area (Å²) in [6.07, 6.45) is 3.31. The Balaban J connectivity index is 2.40. The smallest absolute Gasteiger partial charge is 0.240 e. The van der Waals surface area contributed by atoms with Crippen molar-refractivity contribution in [3.8, 4) is 0 Å². The monoisotopic (exact) mass is 368 g/mol. The third-order valence-corrected chi connectivity index (χ3v) is 5.72. The van der Waals surface area contributed by atoms with Crippen molar-refractivity contribution >= 4 is 15.9 Å². The van der Waals surface area contributed by atoms with E-state index in [9.17, 15) is 13.2 Å². The molecule has 0 aliphatic heterocycles. The predicted molar refractivity (Wildman–Crippen MR) is 102 cm³/mol. The maximum Gasteiger partial charge on any atom is 0.240 e. The van der Waals surface area contributed by atoms with Crippen molar-refractivity contribution < 1.29 is 13.2 Å². The summed E-state index contributed by atoms with van der Waals surface area (Å²) in [6.45, 7) is 10.3. The van der Waals surface area contributed by atoms with Crippen LogP contribution in [0.15, 0.2) is 23.1 Å². The maximum atomic E-state index is 12.3. The summed E-state index contributed by atoms with van der Waals surface area (Å²) >= 11 is 0. The molecular weight excluding hydrogens is 336 g/mol. The van der Waals surface area contributed by atoms with Crippen LogP contribution >= 0.6 is 0 Å². The normalized spacial score (nSPS) is 13.0. The highest BCUT2D eigenvalue weighted by Gasteiger charge is 2.15. The summed E-state index contributed by atoms with van der Waals surface area (Å²) in [5.41, 5.74) is 1.97. The van der Waals surface area contributed by atoms with Gasteiger partial charge in [0.1, 0.15) is 0 Å². The fourth-order valence-electron chi connectivity index (χ4n) is 2.51. The quantitative estimate of drug-likeness (QED) is 0.665. The van der Waals surface area contributed by atoms with Crippen molar-refractivity contribution in [3.63, 3.8) is 0 Å². The van der Waals surface area contributed by atoms with E-state index in [4.69, 9.17) is 0 Å². The molecule has 142 valence electrons. The van der Waals surface area contributed by atoms with Gasteiger partial charge >= 0.3 is 0 Å². The van der Waals surface area contributed by atoms with Gasteiger partial charge in [-0.05, 0) is 56.4 Å². The second-order valence-electron chi connectivity index (χ2n) is 7.19. The van der Waals surface area contributed by atoms with E-state index in [1.54, 1.807) is 18.2 Å². The Labute approximate surface area is 152 Å². The van der Waals surface area contributed by atoms with Crippen molar-refractivity contribution in [1.82, 2.24) is 10.0 Å². The van der Waals surface area contributed by atoms with Gasteiger partial charge in [-0.25, -0.2) is 13.1 Å². The Morgan fingerprint density at radius 1 is 1.08 bits per heavy atom. The molecule has 5 nitrogen and oxygen atoms in total. The zero-order valence-corrected chi connectivity index (χ0v) is 16.9. The molecule has 0 unspecified atom stereocenters. The van der Waals surface area contributed by atoms with Crippen molar-refractivity contribution in [2.45, 2.75) is 71.2 Å². The van der Waals surface area contributed by atoms with Gasteiger partial charge in [0.15, 0.2) is 0 Å². The molecule has 0 spiro atoms. The van der Waals surface area contributed by atoms with E-state index in [0.29, 0.717) is 5.92 Å². The van der Waals surface area contributed by atoms with Gasteiger partial charge < -0.3 is 5.32 Å². The largest absolute Gasteiger partial charge is 0.354 e. The van der Waals surface area contributed by atoms with Gasteiger partial charge in [-0.3, -0.25) is 4.79 Å². The second kappa shape index (κ2) is 9.92. The molecule has 0 aliphatic rings. The van der Waals surface area contributed by atoms with E-state index in [2.05, 4.69) is 23.9 Å². The summed E-state index contributed by atoms with van der Waals surface area (Å²) < 4.78 is 27.0. The lowest BCUT2D eigenvalue weighted by atomic mass is 10.0. The number of carbonyl (C=O) groups is 1. The van der Waals surface area contributed by atoms with E-state index in [1.165, 1.54) is 0 Å². The lowest BCUT2D eigenvalue weighted by Crippen LogP contribution is -2.35. The van der Waals surface area contributed by atoms with Crippen LogP contribution in [0.4, 0.5) is 0 Å². The third-order valence-electron chi connectivity index (χ3n) is 4.26. The molecule has 0 aromatic heterocycles. The zero-order chi connectivity index (χ0) is 19.0. The summed E-state index contributed by atoms with van der Waals surface area (Å²) in [5, 5.41) is 2.92. The lowest BCUT2D eigenvalue weighted by molar-refractivity contribution is -0.121. The highest BCUT2D eigenvalue weighted by Crippen LogP contribution is 2.14. The van der Waals surface area contributed by atoms with Crippen LogP contribution in [0.1, 0.15) is 57.6 Å². The molecule has 0 fully saturated rings. The van der Waals surface area contributed by atoms with Gasteiger partial charge in [0.25, 0.3) is 0 Å². The zero-order valence-electron chi connectivity index (χ0n) is 16.1. The molecule has 0 aliphatic carbocycles. The molecule has 6 heteroatoms. The third kappa shape index (κ3) is 8.01. The Kier molecular flexibility index (Phi) is 8.59. The van der Waals surface area contributed by atoms with Crippen LogP contribution in [-0.2, 0) is 14.8 Å². The Bertz CT molecular complexity index is 669. The van der Waals surface area contributed by atoms with Crippen LogP contribution in [-0.4, -0.2) is 26.9 Å². The number of benzene rings is 1. The number of sulfonamides is 1. The number of hydrogen-bond donors (Lipinski definition) is 2. The van der Waals surface area contributed by atoms with Gasteiger partial charge in [0, 0.05) is 19.0 Å². The molecule has 1 atom stereocenters. The van der Waals surface area contributed by atoms with Crippen molar-refractivity contribution in [3.05, 3.63) is 29.3 Å². The summed E-state index contributed by atoms with van der Waals surface area (Å²) in [4.78, 5) is 12.2. The topological polar surface area (TPSA) is 75.3 Å². The second-order valence-corrected chi connectivity index (χ2v) is 8.95. The fraction of sp³-hybridized carbons (Fsp3) is 0.632. The van der Waals surface area contributed by atoms with Crippen molar-refractivity contribution in [2.75, 3.05) is 6.54 Å². The van der Waals surface area contributed by atoms with Gasteiger partial charge in [-0.1, -0.05) is 32.8 Å². The lowest BCUT2D eigenvalue weighted by Gasteiger charge is -2.15. The average molecular weight is 369 g/mol. The molecule has 25 heavy (non-hydrogen) atoms. The Morgan fingerprint density at radius 3 is 2.36 bits per heavy atom. The fourth-order valence-corrected chi connectivity index (χ4v) is 3.63. The number of carbonyl (C=O) groups excluding carboxylic acids is 1. The molecular formula is C19H32N2O3S. The van der Waals surface area contributed by atoms with E-state index < -0.39 is 10.0 Å². The summed E-state index contributed by atoms with van der Waals surface area (Å²) in [6, 6.07) is 5.13. The van der Waals surface area contributed by atoms with Crippen LogP contribution < -0.4 is 10.0 Å². The molecule has 0 saturated heterocycles. The molecule has 2 N–H and O–H groups in total. The molecule has 1 aromatic carbocycles. The van der Waals surface area contributed by atoms with E-state index in [1.807, 2.05) is 20.8 Å². The number of hydrogen-bond acceptors (Lipinski definition) is 3. The molecule has 1 aromatic rings. The van der Waals surface area contributed by atoms with Crippen LogP contribution in [0, 0.1) is 19.8 Å². The van der Waals surface area contributed by atoms with Gasteiger partial charge in [-0.15, -0.1) is 0 Å². The highest BCUT2D eigenvalue weighted by atomic mass is 32.2. The number of amides is 1.